The molecular weight excluding hydrogens is 544 g/mol. The highest BCUT2D eigenvalue weighted by atomic mass is 32.2. The van der Waals surface area contributed by atoms with Crippen LogP contribution >= 0.6 is 0 Å². The van der Waals surface area contributed by atoms with E-state index in [1.807, 2.05) is 12.1 Å². The van der Waals surface area contributed by atoms with Crippen LogP contribution in [0.25, 0.3) is 0 Å². The van der Waals surface area contributed by atoms with Gasteiger partial charge in [-0.25, -0.2) is 0 Å². The van der Waals surface area contributed by atoms with Crippen molar-refractivity contribution in [3.63, 3.8) is 0 Å². The van der Waals surface area contributed by atoms with Gasteiger partial charge in [0, 0.05) is 64.7 Å². The average molecular weight is 585 g/mol. The Morgan fingerprint density at radius 2 is 1.02 bits per heavy atom. The molecule has 3 aromatic carbocycles. The van der Waals surface area contributed by atoms with Gasteiger partial charge in [0.15, 0.2) is 0 Å². The minimum atomic E-state index is -4.42. The van der Waals surface area contributed by atoms with Crippen LogP contribution in [0.15, 0.2) is 65.6 Å². The van der Waals surface area contributed by atoms with Crippen molar-refractivity contribution in [2.24, 2.45) is 0 Å². The van der Waals surface area contributed by atoms with E-state index in [0.29, 0.717) is 29.7 Å². The van der Waals surface area contributed by atoms with Gasteiger partial charge in [0.1, 0.15) is 11.5 Å². The number of nitrogens with zero attached hydrogens (tertiary/aromatic N) is 2. The van der Waals surface area contributed by atoms with Crippen LogP contribution in [0.3, 0.4) is 0 Å². The SMILES string of the molecule is O=S(=O)(O)c1ccccc1C1c2ccc(N3C4CCCC3CCC4)cc2Oc2cc(N3C4CCCC3CCC4)ccc21. The number of piperidine rings is 4. The smallest absolute Gasteiger partial charge is 0.294 e. The summed E-state index contributed by atoms with van der Waals surface area (Å²) in [5, 5.41) is 0. The highest BCUT2D eigenvalue weighted by Gasteiger charge is 2.38. The first-order valence-electron chi connectivity index (χ1n) is 16.0. The van der Waals surface area contributed by atoms with E-state index in [2.05, 4.69) is 46.2 Å². The first-order chi connectivity index (χ1) is 20.5. The summed E-state index contributed by atoms with van der Waals surface area (Å²) in [6, 6.07) is 22.2. The molecule has 0 spiro atoms. The van der Waals surface area contributed by atoms with E-state index >= 15 is 0 Å². The van der Waals surface area contributed by atoms with E-state index in [1.165, 1.54) is 94.5 Å². The van der Waals surface area contributed by atoms with Gasteiger partial charge >= 0.3 is 0 Å². The molecule has 5 aliphatic heterocycles. The molecule has 8 rings (SSSR count). The zero-order chi connectivity index (χ0) is 28.4. The highest BCUT2D eigenvalue weighted by Crippen LogP contribution is 2.52. The third-order valence-electron chi connectivity index (χ3n) is 10.8. The summed E-state index contributed by atoms with van der Waals surface area (Å²) in [7, 11) is -4.42. The van der Waals surface area contributed by atoms with Crippen LogP contribution < -0.4 is 14.5 Å². The molecule has 4 fully saturated rings. The van der Waals surface area contributed by atoms with Gasteiger partial charge in [-0.2, -0.15) is 8.42 Å². The lowest BCUT2D eigenvalue weighted by atomic mass is 9.81. The monoisotopic (exact) mass is 584 g/mol. The van der Waals surface area contributed by atoms with Crippen molar-refractivity contribution in [1.82, 2.24) is 0 Å². The summed E-state index contributed by atoms with van der Waals surface area (Å²) in [5.74, 6) is 1.20. The third kappa shape index (κ3) is 4.43. The number of rotatable bonds is 4. The predicted molar refractivity (Wildman–Crippen MR) is 166 cm³/mol. The molecule has 4 saturated heterocycles. The van der Waals surface area contributed by atoms with E-state index in [4.69, 9.17) is 4.74 Å². The molecule has 5 aliphatic rings. The van der Waals surface area contributed by atoms with E-state index < -0.39 is 10.1 Å². The molecule has 0 aromatic heterocycles. The number of anilines is 2. The van der Waals surface area contributed by atoms with Crippen molar-refractivity contribution in [2.75, 3.05) is 9.80 Å². The summed E-state index contributed by atoms with van der Waals surface area (Å²) < 4.78 is 42.2. The van der Waals surface area contributed by atoms with Gasteiger partial charge in [0.25, 0.3) is 10.1 Å². The fraction of sp³-hybridized carbons (Fsp3) is 0.486. The number of fused-ring (bicyclic) bond motifs is 6. The zero-order valence-corrected chi connectivity index (χ0v) is 24.9. The lowest BCUT2D eigenvalue weighted by molar-refractivity contribution is 0.296. The normalized spacial score (nSPS) is 28.5. The van der Waals surface area contributed by atoms with E-state index in [1.54, 1.807) is 6.07 Å². The molecule has 0 unspecified atom stereocenters. The van der Waals surface area contributed by atoms with Crippen molar-refractivity contribution in [3.05, 3.63) is 77.4 Å². The van der Waals surface area contributed by atoms with Crippen molar-refractivity contribution >= 4 is 21.5 Å². The lowest BCUT2D eigenvalue weighted by Crippen LogP contribution is -2.50. The van der Waals surface area contributed by atoms with Crippen LogP contribution in [0.5, 0.6) is 11.5 Å². The molecule has 220 valence electrons. The molecule has 5 heterocycles. The second kappa shape index (κ2) is 10.3. The van der Waals surface area contributed by atoms with Crippen LogP contribution in [-0.4, -0.2) is 37.1 Å². The van der Waals surface area contributed by atoms with Gasteiger partial charge < -0.3 is 14.5 Å². The summed E-state index contributed by atoms with van der Waals surface area (Å²) in [6.07, 6.45) is 15.1. The lowest BCUT2D eigenvalue weighted by Gasteiger charge is -2.48. The zero-order valence-electron chi connectivity index (χ0n) is 24.1. The maximum atomic E-state index is 12.6. The first-order valence-corrected chi connectivity index (χ1v) is 17.5. The Morgan fingerprint density at radius 3 is 1.45 bits per heavy atom. The maximum Gasteiger partial charge on any atom is 0.294 e. The molecule has 0 amide bonds. The van der Waals surface area contributed by atoms with E-state index in [0.717, 1.165) is 22.6 Å². The third-order valence-corrected chi connectivity index (χ3v) is 11.7. The second-order valence-corrected chi connectivity index (χ2v) is 14.5. The second-order valence-electron chi connectivity index (χ2n) is 13.1. The summed E-state index contributed by atoms with van der Waals surface area (Å²) >= 11 is 0. The first kappa shape index (κ1) is 26.6. The molecule has 1 N–H and O–H groups in total. The van der Waals surface area contributed by atoms with Gasteiger partial charge in [-0.15, -0.1) is 0 Å². The van der Waals surface area contributed by atoms with Crippen molar-refractivity contribution in [3.8, 4) is 11.5 Å². The fourth-order valence-corrected chi connectivity index (χ4v) is 9.82. The predicted octanol–water partition coefficient (Wildman–Crippen LogP) is 8.04. The molecule has 6 nitrogen and oxygen atoms in total. The highest BCUT2D eigenvalue weighted by molar-refractivity contribution is 7.85. The summed E-state index contributed by atoms with van der Waals surface area (Å²) in [5.41, 5.74) is 4.86. The maximum absolute atomic E-state index is 12.6. The standard InChI is InChI=1S/C35H40N2O4S/c38-42(39,40)34-16-2-1-15-31(34)35-29-19-17-27(36-23-7-3-8-24(36)10-4-9-23)21-32(29)41-33-22-28(18-20-30(33)35)37-25-11-5-12-26(37)14-6-13-25/h1-2,15-26,35H,3-14H2,(H,38,39,40). The molecule has 4 bridgehead atoms. The topological polar surface area (TPSA) is 70.1 Å². The van der Waals surface area contributed by atoms with E-state index in [-0.39, 0.29) is 10.8 Å². The van der Waals surface area contributed by atoms with Crippen molar-refractivity contribution in [2.45, 2.75) is 112 Å². The van der Waals surface area contributed by atoms with E-state index in [9.17, 15) is 13.0 Å². The Balaban J connectivity index is 1.26. The number of benzene rings is 3. The molecule has 0 aliphatic carbocycles. The van der Waals surface area contributed by atoms with Crippen LogP contribution in [-0.2, 0) is 10.1 Å². The van der Waals surface area contributed by atoms with Gasteiger partial charge in [0.05, 0.1) is 4.90 Å². The number of ether oxygens (including phenoxy) is 1. The van der Waals surface area contributed by atoms with Crippen LogP contribution in [0.2, 0.25) is 0 Å². The van der Waals surface area contributed by atoms with Crippen molar-refractivity contribution in [1.29, 1.82) is 0 Å². The Hall–Kier alpha value is -3.03. The minimum Gasteiger partial charge on any atom is -0.457 e. The summed E-state index contributed by atoms with van der Waals surface area (Å²) in [4.78, 5) is 5.23. The Bertz CT molecular complexity index is 1500. The molecule has 7 heteroatoms. The largest absolute Gasteiger partial charge is 0.457 e. The average Bonchev–Trinajstić information content (AvgIpc) is 2.98. The van der Waals surface area contributed by atoms with Crippen molar-refractivity contribution < 1.29 is 17.7 Å². The molecule has 0 atom stereocenters. The van der Waals surface area contributed by atoms with Gasteiger partial charge in [-0.05, 0) is 101 Å². The number of hydrogen-bond acceptors (Lipinski definition) is 5. The Kier molecular flexibility index (Phi) is 6.52. The molecule has 42 heavy (non-hydrogen) atoms. The molecule has 0 saturated carbocycles. The van der Waals surface area contributed by atoms with Gasteiger partial charge in [0.2, 0.25) is 0 Å². The van der Waals surface area contributed by atoms with Gasteiger partial charge in [-0.3, -0.25) is 4.55 Å². The summed E-state index contributed by atoms with van der Waals surface area (Å²) in [6.45, 7) is 0. The van der Waals surface area contributed by atoms with Crippen LogP contribution in [0.1, 0.15) is 99.7 Å². The number of hydrogen-bond donors (Lipinski definition) is 1. The van der Waals surface area contributed by atoms with Crippen LogP contribution in [0, 0.1) is 0 Å². The molecule has 3 aromatic rings. The fourth-order valence-electron chi connectivity index (χ4n) is 9.08. The van der Waals surface area contributed by atoms with Gasteiger partial charge in [-0.1, -0.05) is 30.3 Å². The minimum absolute atomic E-state index is 0.0434. The molecular formula is C35H40N2O4S. The Labute approximate surface area is 249 Å². The molecule has 0 radical (unpaired) electrons. The Morgan fingerprint density at radius 1 is 0.595 bits per heavy atom. The van der Waals surface area contributed by atoms with Crippen LogP contribution in [0.4, 0.5) is 11.4 Å². The quantitative estimate of drug-likeness (QED) is 0.245.